The monoisotopic (exact) mass is 314 g/mol. The van der Waals surface area contributed by atoms with Crippen LogP contribution in [0, 0.1) is 0 Å². The lowest BCUT2D eigenvalue weighted by molar-refractivity contribution is -0.110. The van der Waals surface area contributed by atoms with Gasteiger partial charge in [0, 0.05) is 29.1 Å². The van der Waals surface area contributed by atoms with Crippen LogP contribution in [0.15, 0.2) is 72.9 Å². The summed E-state index contributed by atoms with van der Waals surface area (Å²) in [6, 6.07) is 20.8. The van der Waals surface area contributed by atoms with E-state index in [0.29, 0.717) is 11.5 Å². The average Bonchev–Trinajstić information content (AvgIpc) is 2.93. The number of carbonyl (C=O) groups excluding carboxylic acids is 1. The van der Waals surface area contributed by atoms with Gasteiger partial charge in [0.15, 0.2) is 0 Å². The highest BCUT2D eigenvalue weighted by molar-refractivity contribution is 6.34. The van der Waals surface area contributed by atoms with Crippen molar-refractivity contribution in [3.8, 4) is 11.6 Å². The van der Waals surface area contributed by atoms with Crippen molar-refractivity contribution in [1.82, 2.24) is 4.98 Å². The first kappa shape index (κ1) is 14.2. The first-order chi connectivity index (χ1) is 11.8. The van der Waals surface area contributed by atoms with E-state index in [1.54, 1.807) is 12.3 Å². The summed E-state index contributed by atoms with van der Waals surface area (Å²) in [7, 11) is 0. The zero-order valence-electron chi connectivity index (χ0n) is 12.8. The minimum atomic E-state index is -0.0965. The van der Waals surface area contributed by atoms with E-state index in [0.717, 1.165) is 22.6 Å². The number of aromatic nitrogens is 1. The third-order valence-corrected chi connectivity index (χ3v) is 3.75. The van der Waals surface area contributed by atoms with Gasteiger partial charge in [0.1, 0.15) is 5.75 Å². The van der Waals surface area contributed by atoms with Crippen molar-refractivity contribution in [2.24, 2.45) is 0 Å². The molecule has 1 aliphatic heterocycles. The Kier molecular flexibility index (Phi) is 3.56. The number of fused-ring (bicyclic) bond motifs is 1. The smallest absolute Gasteiger partial charge is 0.256 e. The highest BCUT2D eigenvalue weighted by atomic mass is 16.5. The topological polar surface area (TPSA) is 51.2 Å². The number of nitrogens with one attached hydrogen (secondary N) is 1. The largest absolute Gasteiger partial charge is 0.439 e. The summed E-state index contributed by atoms with van der Waals surface area (Å²) in [5.74, 6) is 1.15. The van der Waals surface area contributed by atoms with Gasteiger partial charge in [-0.3, -0.25) is 4.79 Å². The standard InChI is InChI=1S/C20H14N2O2/c23-20-17(16-8-4-5-9-18(16)22-20)12-14-10-11-19(21-13-14)24-15-6-2-1-3-7-15/h1-13H,(H,22,23). The molecule has 4 rings (SSSR count). The number of pyridine rings is 1. The lowest BCUT2D eigenvalue weighted by atomic mass is 10.1. The Morgan fingerprint density at radius 2 is 1.71 bits per heavy atom. The molecule has 116 valence electrons. The molecule has 0 aliphatic carbocycles. The molecule has 0 atom stereocenters. The molecule has 0 bridgehead atoms. The fourth-order valence-corrected chi connectivity index (χ4v) is 2.60. The number of ether oxygens (including phenoxy) is 1. The number of rotatable bonds is 3. The van der Waals surface area contributed by atoms with Crippen molar-refractivity contribution in [3.63, 3.8) is 0 Å². The fraction of sp³-hybridized carbons (Fsp3) is 0. The van der Waals surface area contributed by atoms with Crippen LogP contribution < -0.4 is 10.1 Å². The quantitative estimate of drug-likeness (QED) is 0.730. The van der Waals surface area contributed by atoms with Gasteiger partial charge < -0.3 is 10.1 Å². The third kappa shape index (κ3) is 2.77. The van der Waals surface area contributed by atoms with Crippen LogP contribution in [0.4, 0.5) is 5.69 Å². The predicted octanol–water partition coefficient (Wildman–Crippen LogP) is 4.37. The summed E-state index contributed by atoms with van der Waals surface area (Å²) in [5, 5.41) is 2.86. The normalized spacial score (nSPS) is 14.3. The molecule has 0 saturated carbocycles. The maximum atomic E-state index is 12.1. The van der Waals surface area contributed by atoms with Crippen LogP contribution in [0.5, 0.6) is 11.6 Å². The van der Waals surface area contributed by atoms with Gasteiger partial charge in [0.2, 0.25) is 5.88 Å². The maximum Gasteiger partial charge on any atom is 0.256 e. The van der Waals surface area contributed by atoms with E-state index in [1.807, 2.05) is 66.7 Å². The van der Waals surface area contributed by atoms with Crippen molar-refractivity contribution in [1.29, 1.82) is 0 Å². The van der Waals surface area contributed by atoms with Gasteiger partial charge in [0.05, 0.1) is 0 Å². The molecule has 0 unspecified atom stereocenters. The van der Waals surface area contributed by atoms with Crippen LogP contribution in [0.1, 0.15) is 11.1 Å². The molecule has 2 aromatic carbocycles. The van der Waals surface area contributed by atoms with E-state index in [2.05, 4.69) is 10.3 Å². The first-order valence-corrected chi connectivity index (χ1v) is 7.61. The Balaban J connectivity index is 1.59. The number of benzene rings is 2. The number of amides is 1. The first-order valence-electron chi connectivity index (χ1n) is 7.61. The van der Waals surface area contributed by atoms with E-state index in [-0.39, 0.29) is 5.91 Å². The van der Waals surface area contributed by atoms with Gasteiger partial charge in [0.25, 0.3) is 5.91 Å². The Morgan fingerprint density at radius 3 is 2.50 bits per heavy atom. The molecule has 1 amide bonds. The van der Waals surface area contributed by atoms with Crippen molar-refractivity contribution in [2.45, 2.75) is 0 Å². The summed E-state index contributed by atoms with van der Waals surface area (Å²) in [5.41, 5.74) is 3.24. The number of hydrogen-bond acceptors (Lipinski definition) is 3. The lowest BCUT2D eigenvalue weighted by Gasteiger charge is -2.04. The number of anilines is 1. The fourth-order valence-electron chi connectivity index (χ4n) is 2.60. The molecule has 0 radical (unpaired) electrons. The highest BCUT2D eigenvalue weighted by Gasteiger charge is 2.23. The van der Waals surface area contributed by atoms with Gasteiger partial charge in [-0.1, -0.05) is 36.4 Å². The minimum Gasteiger partial charge on any atom is -0.439 e. The van der Waals surface area contributed by atoms with Gasteiger partial charge in [-0.05, 0) is 35.9 Å². The van der Waals surface area contributed by atoms with Gasteiger partial charge >= 0.3 is 0 Å². The molecule has 1 aromatic heterocycles. The molecule has 4 nitrogen and oxygen atoms in total. The van der Waals surface area contributed by atoms with E-state index in [9.17, 15) is 4.79 Å². The molecule has 1 N–H and O–H groups in total. The third-order valence-electron chi connectivity index (χ3n) is 3.75. The molecular formula is C20H14N2O2. The molecule has 0 saturated heterocycles. The van der Waals surface area contributed by atoms with Crippen molar-refractivity contribution in [2.75, 3.05) is 5.32 Å². The van der Waals surface area contributed by atoms with E-state index in [4.69, 9.17) is 4.74 Å². The number of carbonyl (C=O) groups is 1. The van der Waals surface area contributed by atoms with Crippen LogP contribution in [0.25, 0.3) is 11.6 Å². The van der Waals surface area contributed by atoms with Crippen LogP contribution in [0.2, 0.25) is 0 Å². The maximum absolute atomic E-state index is 12.1. The van der Waals surface area contributed by atoms with Crippen LogP contribution in [-0.4, -0.2) is 10.9 Å². The molecular weight excluding hydrogens is 300 g/mol. The number of nitrogens with zero attached hydrogens (tertiary/aromatic N) is 1. The summed E-state index contributed by atoms with van der Waals surface area (Å²) in [4.78, 5) is 16.4. The van der Waals surface area contributed by atoms with Crippen LogP contribution >= 0.6 is 0 Å². The highest BCUT2D eigenvalue weighted by Crippen LogP contribution is 2.32. The van der Waals surface area contributed by atoms with E-state index in [1.165, 1.54) is 0 Å². The second-order valence-electron chi connectivity index (χ2n) is 5.40. The Labute approximate surface area is 139 Å². The molecule has 3 aromatic rings. The van der Waals surface area contributed by atoms with Crippen LogP contribution in [-0.2, 0) is 4.79 Å². The summed E-state index contributed by atoms with van der Waals surface area (Å²) in [6.45, 7) is 0. The molecule has 1 aliphatic rings. The Bertz CT molecular complexity index is 916. The summed E-state index contributed by atoms with van der Waals surface area (Å²) in [6.07, 6.45) is 3.53. The molecule has 24 heavy (non-hydrogen) atoms. The van der Waals surface area contributed by atoms with Gasteiger partial charge in [-0.2, -0.15) is 0 Å². The SMILES string of the molecule is O=C1Nc2ccccc2C1=Cc1ccc(Oc2ccccc2)nc1. The zero-order valence-corrected chi connectivity index (χ0v) is 12.8. The zero-order chi connectivity index (χ0) is 16.4. The molecule has 2 heterocycles. The molecule has 0 spiro atoms. The van der Waals surface area contributed by atoms with Crippen molar-refractivity contribution in [3.05, 3.63) is 84.1 Å². The van der Waals surface area contributed by atoms with Gasteiger partial charge in [-0.15, -0.1) is 0 Å². The Morgan fingerprint density at radius 1 is 0.917 bits per heavy atom. The molecule has 0 fully saturated rings. The van der Waals surface area contributed by atoms with E-state index < -0.39 is 0 Å². The van der Waals surface area contributed by atoms with Crippen molar-refractivity contribution >= 4 is 23.2 Å². The minimum absolute atomic E-state index is 0.0965. The molecule has 4 heteroatoms. The second kappa shape index (κ2) is 6.01. The Hall–Kier alpha value is -3.40. The predicted molar refractivity (Wildman–Crippen MR) is 93.7 cm³/mol. The number of para-hydroxylation sites is 2. The van der Waals surface area contributed by atoms with E-state index >= 15 is 0 Å². The van der Waals surface area contributed by atoms with Crippen molar-refractivity contribution < 1.29 is 9.53 Å². The summed E-state index contributed by atoms with van der Waals surface area (Å²) < 4.78 is 5.67. The second-order valence-corrected chi connectivity index (χ2v) is 5.40. The average molecular weight is 314 g/mol. The number of hydrogen-bond donors (Lipinski definition) is 1. The lowest BCUT2D eigenvalue weighted by Crippen LogP contribution is -2.03. The van der Waals surface area contributed by atoms with Crippen LogP contribution in [0.3, 0.4) is 0 Å². The summed E-state index contributed by atoms with van der Waals surface area (Å²) >= 11 is 0. The van der Waals surface area contributed by atoms with Gasteiger partial charge in [-0.25, -0.2) is 4.98 Å².